The van der Waals surface area contributed by atoms with Crippen molar-refractivity contribution in [2.75, 3.05) is 0 Å². The Balaban J connectivity index is 1.49. The number of nitrogens with zero attached hydrogens (tertiary/aromatic N) is 1. The van der Waals surface area contributed by atoms with E-state index in [0.29, 0.717) is 44.8 Å². The molecule has 1 aliphatic carbocycles. The van der Waals surface area contributed by atoms with Crippen LogP contribution in [-0.2, 0) is 6.42 Å². The van der Waals surface area contributed by atoms with Gasteiger partial charge in [-0.2, -0.15) is 5.10 Å². The molecule has 3 aromatic rings. The molecule has 164 valence electrons. The SMILES string of the molecule is Cc1c(C(=O)NNC(=O)c2ccccc2Br)oc2c1/C(=N/NC(=O)c1cccs1)CCC2. The molecule has 0 atom stereocenters. The van der Waals surface area contributed by atoms with Crippen LogP contribution >= 0.6 is 27.3 Å². The molecule has 0 aliphatic heterocycles. The molecule has 0 fully saturated rings. The number of furan rings is 1. The Labute approximate surface area is 196 Å². The van der Waals surface area contributed by atoms with Crippen LogP contribution in [0.4, 0.5) is 0 Å². The lowest BCUT2D eigenvalue weighted by Crippen LogP contribution is -2.41. The van der Waals surface area contributed by atoms with Gasteiger partial charge in [0.1, 0.15) is 5.76 Å². The molecule has 0 spiro atoms. The van der Waals surface area contributed by atoms with Crippen molar-refractivity contribution in [3.05, 3.63) is 79.3 Å². The van der Waals surface area contributed by atoms with Gasteiger partial charge in [0.15, 0.2) is 5.76 Å². The van der Waals surface area contributed by atoms with E-state index in [1.165, 1.54) is 11.3 Å². The largest absolute Gasteiger partial charge is 0.455 e. The molecular weight excluding hydrogens is 496 g/mol. The molecule has 32 heavy (non-hydrogen) atoms. The number of thiophene rings is 1. The fraction of sp³-hybridized carbons (Fsp3) is 0.182. The maximum atomic E-state index is 12.7. The summed E-state index contributed by atoms with van der Waals surface area (Å²) in [5.41, 5.74) is 9.76. The molecule has 0 bridgehead atoms. The van der Waals surface area contributed by atoms with E-state index in [9.17, 15) is 14.4 Å². The molecule has 8 nitrogen and oxygen atoms in total. The fourth-order valence-corrected chi connectivity index (χ4v) is 4.54. The van der Waals surface area contributed by atoms with Gasteiger partial charge in [-0.3, -0.25) is 25.2 Å². The average Bonchev–Trinajstić information content (AvgIpc) is 3.45. The second-order valence-electron chi connectivity index (χ2n) is 7.07. The van der Waals surface area contributed by atoms with E-state index < -0.39 is 11.8 Å². The van der Waals surface area contributed by atoms with Gasteiger partial charge in [0.25, 0.3) is 11.8 Å². The van der Waals surface area contributed by atoms with E-state index in [4.69, 9.17) is 4.42 Å². The number of fused-ring (bicyclic) bond motifs is 1. The third-order valence-corrected chi connectivity index (χ3v) is 6.54. The zero-order valence-electron chi connectivity index (χ0n) is 17.0. The minimum Gasteiger partial charge on any atom is -0.455 e. The normalized spacial score (nSPS) is 14.0. The summed E-state index contributed by atoms with van der Waals surface area (Å²) in [6.07, 6.45) is 2.09. The van der Waals surface area contributed by atoms with Crippen molar-refractivity contribution in [2.45, 2.75) is 26.2 Å². The summed E-state index contributed by atoms with van der Waals surface area (Å²) in [5, 5.41) is 6.12. The summed E-state index contributed by atoms with van der Waals surface area (Å²) >= 11 is 4.64. The summed E-state index contributed by atoms with van der Waals surface area (Å²) in [4.78, 5) is 37.8. The molecule has 0 saturated carbocycles. The number of hydrogen-bond donors (Lipinski definition) is 3. The first-order valence-corrected chi connectivity index (χ1v) is 11.5. The molecule has 1 aliphatic rings. The van der Waals surface area contributed by atoms with Crippen molar-refractivity contribution >= 4 is 50.7 Å². The third kappa shape index (κ3) is 4.51. The number of hydrazone groups is 1. The molecule has 0 unspecified atom stereocenters. The molecular formula is C22H19BrN4O4S. The Hall–Kier alpha value is -3.24. The van der Waals surface area contributed by atoms with Gasteiger partial charge in [0.2, 0.25) is 0 Å². The van der Waals surface area contributed by atoms with Crippen LogP contribution in [0.3, 0.4) is 0 Å². The number of hydrogen-bond acceptors (Lipinski definition) is 6. The van der Waals surface area contributed by atoms with Crippen LogP contribution in [0.5, 0.6) is 0 Å². The van der Waals surface area contributed by atoms with Crippen LogP contribution in [0.2, 0.25) is 0 Å². The molecule has 2 heterocycles. The number of benzene rings is 1. The zero-order valence-corrected chi connectivity index (χ0v) is 19.4. The van der Waals surface area contributed by atoms with Gasteiger partial charge >= 0.3 is 5.91 Å². The van der Waals surface area contributed by atoms with Gasteiger partial charge in [-0.25, -0.2) is 5.43 Å². The van der Waals surface area contributed by atoms with Crippen molar-refractivity contribution in [2.24, 2.45) is 5.10 Å². The van der Waals surface area contributed by atoms with Crippen LogP contribution in [0.15, 0.2) is 55.8 Å². The van der Waals surface area contributed by atoms with E-state index in [-0.39, 0.29) is 11.7 Å². The highest BCUT2D eigenvalue weighted by molar-refractivity contribution is 9.10. The van der Waals surface area contributed by atoms with E-state index in [0.717, 1.165) is 12.0 Å². The Morgan fingerprint density at radius 3 is 2.56 bits per heavy atom. The molecule has 3 N–H and O–H groups in total. The van der Waals surface area contributed by atoms with Crippen molar-refractivity contribution < 1.29 is 18.8 Å². The number of amides is 3. The molecule has 1 aromatic carbocycles. The van der Waals surface area contributed by atoms with Crippen molar-refractivity contribution in [3.8, 4) is 0 Å². The number of halogens is 1. The average molecular weight is 515 g/mol. The highest BCUT2D eigenvalue weighted by Gasteiger charge is 2.28. The predicted molar refractivity (Wildman–Crippen MR) is 124 cm³/mol. The molecule has 0 radical (unpaired) electrons. The summed E-state index contributed by atoms with van der Waals surface area (Å²) in [5.74, 6) is -0.576. The quantitative estimate of drug-likeness (QED) is 0.457. The lowest BCUT2D eigenvalue weighted by atomic mass is 9.93. The topological polar surface area (TPSA) is 113 Å². The first-order valence-electron chi connectivity index (χ1n) is 9.84. The van der Waals surface area contributed by atoms with Crippen molar-refractivity contribution in [3.63, 3.8) is 0 Å². The molecule has 2 aromatic heterocycles. The van der Waals surface area contributed by atoms with Crippen molar-refractivity contribution in [1.29, 1.82) is 0 Å². The van der Waals surface area contributed by atoms with Gasteiger partial charge < -0.3 is 4.42 Å². The Morgan fingerprint density at radius 2 is 1.81 bits per heavy atom. The standard InChI is InChI=1S/C22H19BrN4O4S/c1-12-18-15(24-26-21(29)17-10-5-11-32-17)8-4-9-16(18)31-19(12)22(30)27-25-20(28)13-6-2-3-7-14(13)23/h2-3,5-7,10-11H,4,8-9H2,1H3,(H,25,28)(H,26,29)(H,27,30)/b24-15+. The first kappa shape index (κ1) is 22.0. The lowest BCUT2D eigenvalue weighted by molar-refractivity contribution is 0.0829. The van der Waals surface area contributed by atoms with Crippen LogP contribution in [0.25, 0.3) is 0 Å². The highest BCUT2D eigenvalue weighted by Crippen LogP contribution is 2.30. The van der Waals surface area contributed by atoms with Crippen LogP contribution in [0, 0.1) is 6.92 Å². The van der Waals surface area contributed by atoms with E-state index in [1.54, 1.807) is 43.3 Å². The Bertz CT molecular complexity index is 1220. The molecule has 0 saturated heterocycles. The maximum Gasteiger partial charge on any atom is 0.305 e. The number of rotatable bonds is 4. The van der Waals surface area contributed by atoms with Crippen LogP contribution in [0.1, 0.15) is 60.3 Å². The predicted octanol–water partition coefficient (Wildman–Crippen LogP) is 3.96. The highest BCUT2D eigenvalue weighted by atomic mass is 79.9. The van der Waals surface area contributed by atoms with Gasteiger partial charge in [0, 0.05) is 22.0 Å². The number of nitrogens with one attached hydrogen (secondary N) is 3. The smallest absolute Gasteiger partial charge is 0.305 e. The maximum absolute atomic E-state index is 12.7. The Kier molecular flexibility index (Phi) is 6.52. The van der Waals surface area contributed by atoms with E-state index in [1.807, 2.05) is 5.38 Å². The minimum atomic E-state index is -0.570. The summed E-state index contributed by atoms with van der Waals surface area (Å²) in [6, 6.07) is 10.4. The Morgan fingerprint density at radius 1 is 1.03 bits per heavy atom. The van der Waals surface area contributed by atoms with E-state index in [2.05, 4.69) is 37.3 Å². The summed E-state index contributed by atoms with van der Waals surface area (Å²) in [6.45, 7) is 1.76. The minimum absolute atomic E-state index is 0.0987. The van der Waals surface area contributed by atoms with Gasteiger partial charge in [0.05, 0.1) is 16.2 Å². The van der Waals surface area contributed by atoms with Crippen molar-refractivity contribution in [1.82, 2.24) is 16.3 Å². The van der Waals surface area contributed by atoms with Gasteiger partial charge in [-0.15, -0.1) is 11.3 Å². The summed E-state index contributed by atoms with van der Waals surface area (Å²) < 4.78 is 6.42. The van der Waals surface area contributed by atoms with Crippen LogP contribution < -0.4 is 16.3 Å². The molecule has 4 rings (SSSR count). The number of hydrazine groups is 1. The zero-order chi connectivity index (χ0) is 22.7. The second kappa shape index (κ2) is 9.49. The number of carbonyl (C=O) groups is 3. The molecule has 3 amide bonds. The van der Waals surface area contributed by atoms with Crippen LogP contribution in [-0.4, -0.2) is 23.4 Å². The molecule has 10 heteroatoms. The first-order chi connectivity index (χ1) is 15.5. The monoisotopic (exact) mass is 514 g/mol. The van der Waals surface area contributed by atoms with Gasteiger partial charge in [-0.05, 0) is 59.3 Å². The van der Waals surface area contributed by atoms with E-state index >= 15 is 0 Å². The fourth-order valence-electron chi connectivity index (χ4n) is 3.46. The number of aryl methyl sites for hydroxylation is 1. The van der Waals surface area contributed by atoms with Gasteiger partial charge in [-0.1, -0.05) is 18.2 Å². The summed E-state index contributed by atoms with van der Waals surface area (Å²) in [7, 11) is 0. The second-order valence-corrected chi connectivity index (χ2v) is 8.87. The lowest BCUT2D eigenvalue weighted by Gasteiger charge is -2.13. The third-order valence-electron chi connectivity index (χ3n) is 4.98. The number of carbonyl (C=O) groups excluding carboxylic acids is 3.